The summed E-state index contributed by atoms with van der Waals surface area (Å²) >= 11 is 0. The van der Waals surface area contributed by atoms with E-state index < -0.39 is 17.5 Å². The van der Waals surface area contributed by atoms with Crippen LogP contribution in [0.2, 0.25) is 0 Å². The normalized spacial score (nSPS) is 14.3. The molecule has 1 aromatic heterocycles. The zero-order chi connectivity index (χ0) is 14.1. The third kappa shape index (κ3) is 2.84. The molecule has 1 aliphatic rings. The van der Waals surface area contributed by atoms with Gasteiger partial charge in [0.15, 0.2) is 5.82 Å². The summed E-state index contributed by atoms with van der Waals surface area (Å²) in [6.45, 7) is 0. The van der Waals surface area contributed by atoms with Gasteiger partial charge < -0.3 is 5.32 Å². The molecule has 3 rings (SSSR count). The van der Waals surface area contributed by atoms with Crippen molar-refractivity contribution in [3.05, 3.63) is 47.2 Å². The van der Waals surface area contributed by atoms with Crippen LogP contribution in [-0.4, -0.2) is 16.1 Å². The fourth-order valence-electron chi connectivity index (χ4n) is 2.04. The van der Waals surface area contributed by atoms with Gasteiger partial charge >= 0.3 is 0 Å². The number of aromatic nitrogens is 2. The molecule has 0 atom stereocenters. The van der Waals surface area contributed by atoms with Crippen molar-refractivity contribution in [2.24, 2.45) is 0 Å². The summed E-state index contributed by atoms with van der Waals surface area (Å²) in [7, 11) is 0. The first-order valence-corrected chi connectivity index (χ1v) is 6.41. The summed E-state index contributed by atoms with van der Waals surface area (Å²) in [6, 6.07) is 4.83. The van der Waals surface area contributed by atoms with E-state index in [9.17, 15) is 13.6 Å². The Balaban J connectivity index is 1.65. The lowest BCUT2D eigenvalue weighted by Gasteiger charge is -2.03. The number of halogens is 2. The van der Waals surface area contributed by atoms with E-state index in [0.29, 0.717) is 11.7 Å². The zero-order valence-electron chi connectivity index (χ0n) is 10.6. The van der Waals surface area contributed by atoms with E-state index in [4.69, 9.17) is 0 Å². The van der Waals surface area contributed by atoms with Crippen molar-refractivity contribution in [3.8, 4) is 0 Å². The van der Waals surface area contributed by atoms with Gasteiger partial charge in [-0.2, -0.15) is 5.10 Å². The summed E-state index contributed by atoms with van der Waals surface area (Å²) in [5.41, 5.74) is 1.03. The fourth-order valence-corrected chi connectivity index (χ4v) is 2.04. The van der Waals surface area contributed by atoms with Crippen molar-refractivity contribution in [2.75, 3.05) is 5.32 Å². The Morgan fingerprint density at radius 3 is 2.90 bits per heavy atom. The van der Waals surface area contributed by atoms with Crippen molar-refractivity contribution in [1.82, 2.24) is 10.2 Å². The lowest BCUT2D eigenvalue weighted by molar-refractivity contribution is -0.115. The molecule has 1 amide bonds. The molecule has 6 heteroatoms. The highest BCUT2D eigenvalue weighted by molar-refractivity contribution is 5.91. The van der Waals surface area contributed by atoms with Gasteiger partial charge in [-0.3, -0.25) is 9.89 Å². The van der Waals surface area contributed by atoms with Gasteiger partial charge in [0.2, 0.25) is 5.91 Å². The number of benzene rings is 1. The summed E-state index contributed by atoms with van der Waals surface area (Å²) in [6.07, 6.45) is 2.03. The van der Waals surface area contributed by atoms with E-state index in [2.05, 4.69) is 15.5 Å². The molecule has 0 bridgehead atoms. The molecule has 0 spiro atoms. The predicted octanol–water partition coefficient (Wildman–Crippen LogP) is 2.75. The van der Waals surface area contributed by atoms with E-state index >= 15 is 0 Å². The summed E-state index contributed by atoms with van der Waals surface area (Å²) in [5, 5.41) is 9.40. The number of nitrogens with one attached hydrogen (secondary N) is 2. The molecule has 0 saturated heterocycles. The second-order valence-electron chi connectivity index (χ2n) is 4.94. The van der Waals surface area contributed by atoms with Crippen LogP contribution in [0.5, 0.6) is 0 Å². The molecule has 1 aliphatic carbocycles. The average molecular weight is 277 g/mol. The number of carbonyl (C=O) groups is 1. The van der Waals surface area contributed by atoms with E-state index in [1.807, 2.05) is 0 Å². The number of H-pyrrole nitrogens is 1. The van der Waals surface area contributed by atoms with Crippen LogP contribution in [0.15, 0.2) is 24.3 Å². The number of nitrogens with zero attached hydrogens (tertiary/aromatic N) is 1. The predicted molar refractivity (Wildman–Crippen MR) is 69.3 cm³/mol. The third-order valence-corrected chi connectivity index (χ3v) is 3.24. The molecule has 1 fully saturated rings. The highest BCUT2D eigenvalue weighted by Gasteiger charge is 2.25. The smallest absolute Gasteiger partial charge is 0.230 e. The fraction of sp³-hybridized carbons (Fsp3) is 0.286. The molecule has 2 N–H and O–H groups in total. The van der Waals surface area contributed by atoms with Gasteiger partial charge in [0.1, 0.15) is 11.6 Å². The van der Waals surface area contributed by atoms with Crippen LogP contribution in [0.1, 0.15) is 30.0 Å². The minimum absolute atomic E-state index is 0.0282. The second kappa shape index (κ2) is 5.03. The number of hydrogen-bond acceptors (Lipinski definition) is 2. The number of rotatable bonds is 4. The molecule has 4 nitrogen and oxygen atoms in total. The Hall–Kier alpha value is -2.24. The largest absolute Gasteiger partial charge is 0.309 e. The maximum Gasteiger partial charge on any atom is 0.230 e. The lowest BCUT2D eigenvalue weighted by Crippen LogP contribution is -2.15. The Kier molecular flexibility index (Phi) is 3.22. The lowest BCUT2D eigenvalue weighted by atomic mass is 10.1. The minimum atomic E-state index is -0.595. The Labute approximate surface area is 114 Å². The molecule has 0 aliphatic heterocycles. The van der Waals surface area contributed by atoms with Gasteiger partial charge in [-0.1, -0.05) is 0 Å². The van der Waals surface area contributed by atoms with Crippen LogP contribution < -0.4 is 5.32 Å². The van der Waals surface area contributed by atoms with Gasteiger partial charge in [0, 0.05) is 23.2 Å². The Morgan fingerprint density at radius 2 is 2.15 bits per heavy atom. The highest BCUT2D eigenvalue weighted by Crippen LogP contribution is 2.39. The van der Waals surface area contributed by atoms with E-state index in [-0.39, 0.29) is 12.0 Å². The standard InChI is InChI=1S/C14H13F2N3O/c15-10-3-4-11(16)9(5-10)6-14(20)17-13-7-12(18-19-13)8-1-2-8/h3-5,7-8H,1-2,6H2,(H2,17,18,19,20). The van der Waals surface area contributed by atoms with Crippen molar-refractivity contribution in [3.63, 3.8) is 0 Å². The van der Waals surface area contributed by atoms with Crippen molar-refractivity contribution >= 4 is 11.7 Å². The van der Waals surface area contributed by atoms with E-state index in [1.165, 1.54) is 0 Å². The number of anilines is 1. The number of carbonyl (C=O) groups excluding carboxylic acids is 1. The van der Waals surface area contributed by atoms with Crippen molar-refractivity contribution in [2.45, 2.75) is 25.2 Å². The molecule has 1 heterocycles. The second-order valence-corrected chi connectivity index (χ2v) is 4.94. The van der Waals surface area contributed by atoms with Crippen LogP contribution >= 0.6 is 0 Å². The monoisotopic (exact) mass is 277 g/mol. The first kappa shape index (κ1) is 12.8. The highest BCUT2D eigenvalue weighted by atomic mass is 19.1. The molecule has 2 aromatic rings. The first-order valence-electron chi connectivity index (χ1n) is 6.41. The van der Waals surface area contributed by atoms with E-state index in [1.54, 1.807) is 6.07 Å². The van der Waals surface area contributed by atoms with Crippen molar-refractivity contribution in [1.29, 1.82) is 0 Å². The summed E-state index contributed by atoms with van der Waals surface area (Å²) in [5.74, 6) is -0.668. The zero-order valence-corrected chi connectivity index (χ0v) is 10.6. The average Bonchev–Trinajstić information content (AvgIpc) is 3.15. The molecular weight excluding hydrogens is 264 g/mol. The molecule has 0 unspecified atom stereocenters. The van der Waals surface area contributed by atoms with E-state index in [0.717, 1.165) is 36.7 Å². The Bertz CT molecular complexity index is 650. The molecule has 1 saturated carbocycles. The summed E-state index contributed by atoms with van der Waals surface area (Å²) in [4.78, 5) is 11.8. The quantitative estimate of drug-likeness (QED) is 0.902. The van der Waals surface area contributed by atoms with Gasteiger partial charge in [-0.05, 0) is 31.0 Å². The molecule has 1 aromatic carbocycles. The SMILES string of the molecule is O=C(Cc1cc(F)ccc1F)Nc1cc(C2CC2)[nH]n1. The van der Waals surface area contributed by atoms with Gasteiger partial charge in [0.05, 0.1) is 6.42 Å². The van der Waals surface area contributed by atoms with Gasteiger partial charge in [-0.25, -0.2) is 8.78 Å². The minimum Gasteiger partial charge on any atom is -0.309 e. The topological polar surface area (TPSA) is 57.8 Å². The Morgan fingerprint density at radius 1 is 1.35 bits per heavy atom. The molecular formula is C14H13F2N3O. The number of aromatic amines is 1. The van der Waals surface area contributed by atoms with Crippen LogP contribution in [0.4, 0.5) is 14.6 Å². The number of amides is 1. The first-order chi connectivity index (χ1) is 9.61. The molecule has 20 heavy (non-hydrogen) atoms. The van der Waals surface area contributed by atoms with Crippen LogP contribution in [0.3, 0.4) is 0 Å². The van der Waals surface area contributed by atoms with Gasteiger partial charge in [-0.15, -0.1) is 0 Å². The van der Waals surface area contributed by atoms with Crippen molar-refractivity contribution < 1.29 is 13.6 Å². The number of hydrogen-bond donors (Lipinski definition) is 2. The van der Waals surface area contributed by atoms with Crippen LogP contribution in [0, 0.1) is 11.6 Å². The molecule has 0 radical (unpaired) electrons. The van der Waals surface area contributed by atoms with Gasteiger partial charge in [0.25, 0.3) is 0 Å². The van der Waals surface area contributed by atoms with Crippen LogP contribution in [0.25, 0.3) is 0 Å². The third-order valence-electron chi connectivity index (χ3n) is 3.24. The van der Waals surface area contributed by atoms with Crippen LogP contribution in [-0.2, 0) is 11.2 Å². The maximum atomic E-state index is 13.4. The maximum absolute atomic E-state index is 13.4. The summed E-state index contributed by atoms with van der Waals surface area (Å²) < 4.78 is 26.4. The molecule has 104 valence electrons.